The Balaban J connectivity index is 1.63. The zero-order chi connectivity index (χ0) is 13.2. The third-order valence-corrected chi connectivity index (χ3v) is 3.88. The van der Waals surface area contributed by atoms with Gasteiger partial charge < -0.3 is 10.2 Å². The number of anilines is 2. The summed E-state index contributed by atoms with van der Waals surface area (Å²) in [7, 11) is 4.14. The molecule has 2 heteroatoms. The summed E-state index contributed by atoms with van der Waals surface area (Å²) < 4.78 is 0. The van der Waals surface area contributed by atoms with Gasteiger partial charge in [-0.15, -0.1) is 0 Å². The van der Waals surface area contributed by atoms with Gasteiger partial charge in [-0.1, -0.05) is 30.3 Å². The molecule has 0 spiro atoms. The molecule has 0 fully saturated rings. The first-order valence-corrected chi connectivity index (χ1v) is 6.83. The summed E-state index contributed by atoms with van der Waals surface area (Å²) in [5.74, 6) is 0.666. The lowest BCUT2D eigenvalue weighted by Gasteiger charge is -2.30. The quantitative estimate of drug-likeness (QED) is 0.896. The van der Waals surface area contributed by atoms with Crippen molar-refractivity contribution in [3.05, 3.63) is 59.7 Å². The minimum Gasteiger partial charge on any atom is -0.384 e. The van der Waals surface area contributed by atoms with E-state index in [2.05, 4.69) is 72.8 Å². The van der Waals surface area contributed by atoms with E-state index >= 15 is 0 Å². The molecule has 2 aromatic rings. The Bertz CT molecular complexity index is 575. The first kappa shape index (κ1) is 12.1. The Hall–Kier alpha value is -1.96. The number of benzene rings is 2. The number of rotatable bonds is 4. The zero-order valence-electron chi connectivity index (χ0n) is 11.6. The number of hydrogen-bond donors (Lipinski definition) is 1. The maximum atomic E-state index is 3.56. The van der Waals surface area contributed by atoms with Crippen LogP contribution in [0.4, 0.5) is 11.4 Å². The van der Waals surface area contributed by atoms with Crippen molar-refractivity contribution in [2.75, 3.05) is 30.9 Å². The van der Waals surface area contributed by atoms with Crippen molar-refractivity contribution >= 4 is 11.4 Å². The summed E-state index contributed by atoms with van der Waals surface area (Å²) in [4.78, 5) is 2.13. The molecule has 2 aromatic carbocycles. The molecule has 2 nitrogen and oxygen atoms in total. The van der Waals surface area contributed by atoms with Gasteiger partial charge in [-0.25, -0.2) is 0 Å². The lowest BCUT2D eigenvalue weighted by molar-refractivity contribution is 0.636. The number of fused-ring (bicyclic) bond motifs is 1. The summed E-state index contributed by atoms with van der Waals surface area (Å²) in [5, 5.41) is 3.56. The van der Waals surface area contributed by atoms with E-state index in [9.17, 15) is 0 Å². The average molecular weight is 252 g/mol. The number of hydrogen-bond acceptors (Lipinski definition) is 2. The third-order valence-electron chi connectivity index (χ3n) is 3.88. The van der Waals surface area contributed by atoms with Gasteiger partial charge in [-0.2, -0.15) is 0 Å². The minimum absolute atomic E-state index is 0.666. The predicted molar refractivity (Wildman–Crippen MR) is 82.1 cm³/mol. The van der Waals surface area contributed by atoms with E-state index in [1.54, 1.807) is 0 Å². The summed E-state index contributed by atoms with van der Waals surface area (Å²) in [5.41, 5.74) is 5.46. The lowest BCUT2D eigenvalue weighted by atomic mass is 9.77. The van der Waals surface area contributed by atoms with E-state index in [4.69, 9.17) is 0 Å². The van der Waals surface area contributed by atoms with Crippen molar-refractivity contribution in [2.24, 2.45) is 0 Å². The first-order chi connectivity index (χ1) is 9.24. The van der Waals surface area contributed by atoms with Crippen LogP contribution >= 0.6 is 0 Å². The smallest absolute Gasteiger partial charge is 0.0381 e. The zero-order valence-corrected chi connectivity index (χ0v) is 11.6. The molecule has 0 heterocycles. The average Bonchev–Trinajstić information content (AvgIpc) is 2.40. The molecule has 0 bridgehead atoms. The normalized spacial score (nSPS) is 16.4. The van der Waals surface area contributed by atoms with Crippen LogP contribution in [0.3, 0.4) is 0 Å². The van der Waals surface area contributed by atoms with E-state index in [1.165, 1.54) is 28.9 Å². The molecule has 0 amide bonds. The highest BCUT2D eigenvalue weighted by Gasteiger charge is 2.24. The van der Waals surface area contributed by atoms with Crippen molar-refractivity contribution in [2.45, 2.75) is 12.3 Å². The van der Waals surface area contributed by atoms with Crippen LogP contribution in [0.2, 0.25) is 0 Å². The van der Waals surface area contributed by atoms with E-state index < -0.39 is 0 Å². The second kappa shape index (κ2) is 4.96. The van der Waals surface area contributed by atoms with Gasteiger partial charge in [0.15, 0.2) is 0 Å². The van der Waals surface area contributed by atoms with Gasteiger partial charge in [-0.05, 0) is 35.7 Å². The fourth-order valence-corrected chi connectivity index (χ4v) is 2.68. The van der Waals surface area contributed by atoms with Crippen molar-refractivity contribution in [3.8, 4) is 0 Å². The van der Waals surface area contributed by atoms with Crippen LogP contribution in [0.5, 0.6) is 0 Å². The topological polar surface area (TPSA) is 15.3 Å². The largest absolute Gasteiger partial charge is 0.384 e. The number of nitrogens with zero attached hydrogens (tertiary/aromatic N) is 1. The van der Waals surface area contributed by atoms with Gasteiger partial charge in [-0.3, -0.25) is 0 Å². The highest BCUT2D eigenvalue weighted by atomic mass is 15.1. The van der Waals surface area contributed by atoms with Crippen molar-refractivity contribution in [1.82, 2.24) is 0 Å². The van der Waals surface area contributed by atoms with Crippen molar-refractivity contribution in [1.29, 1.82) is 0 Å². The highest BCUT2D eigenvalue weighted by molar-refractivity contribution is 5.57. The monoisotopic (exact) mass is 252 g/mol. The Labute approximate surface area is 115 Å². The van der Waals surface area contributed by atoms with E-state index in [-0.39, 0.29) is 0 Å². The molecule has 19 heavy (non-hydrogen) atoms. The Morgan fingerprint density at radius 3 is 2.74 bits per heavy atom. The molecule has 0 radical (unpaired) electrons. The van der Waals surface area contributed by atoms with Crippen LogP contribution in [-0.2, 0) is 6.42 Å². The van der Waals surface area contributed by atoms with E-state index in [0.717, 1.165) is 6.54 Å². The Morgan fingerprint density at radius 1 is 1.11 bits per heavy atom. The maximum absolute atomic E-state index is 3.56. The maximum Gasteiger partial charge on any atom is 0.0381 e. The summed E-state index contributed by atoms with van der Waals surface area (Å²) in [6.07, 6.45) is 1.20. The van der Waals surface area contributed by atoms with Crippen LogP contribution in [-0.4, -0.2) is 20.6 Å². The molecule has 98 valence electrons. The predicted octanol–water partition coefficient (Wildman–Crippen LogP) is 3.50. The molecule has 1 aliphatic rings. The van der Waals surface area contributed by atoms with E-state index in [1.807, 2.05) is 0 Å². The summed E-state index contributed by atoms with van der Waals surface area (Å²) in [6, 6.07) is 17.3. The summed E-state index contributed by atoms with van der Waals surface area (Å²) in [6.45, 7) is 1.02. The molecule has 0 aliphatic heterocycles. The van der Waals surface area contributed by atoms with Crippen LogP contribution in [0.1, 0.15) is 17.0 Å². The Morgan fingerprint density at radius 2 is 1.95 bits per heavy atom. The number of nitrogens with one attached hydrogen (secondary N) is 1. The highest BCUT2D eigenvalue weighted by Crippen LogP contribution is 2.34. The second-order valence-electron chi connectivity index (χ2n) is 5.43. The Kier molecular flexibility index (Phi) is 3.16. The standard InChI is InChI=1S/C17H20N2/c1-19(2)16-8-5-7-15(11-16)18-12-14-10-13-6-3-4-9-17(13)14/h3-9,11,14,18H,10,12H2,1-2H3. The van der Waals surface area contributed by atoms with Gasteiger partial charge in [0, 0.05) is 37.9 Å². The van der Waals surface area contributed by atoms with Crippen LogP contribution in [0.25, 0.3) is 0 Å². The van der Waals surface area contributed by atoms with Gasteiger partial charge in [0.2, 0.25) is 0 Å². The third kappa shape index (κ3) is 2.43. The van der Waals surface area contributed by atoms with Gasteiger partial charge >= 0.3 is 0 Å². The van der Waals surface area contributed by atoms with Gasteiger partial charge in [0.1, 0.15) is 0 Å². The molecular formula is C17H20N2. The van der Waals surface area contributed by atoms with E-state index in [0.29, 0.717) is 5.92 Å². The fourth-order valence-electron chi connectivity index (χ4n) is 2.68. The van der Waals surface area contributed by atoms with Crippen LogP contribution < -0.4 is 10.2 Å². The van der Waals surface area contributed by atoms with Gasteiger partial charge in [0.05, 0.1) is 0 Å². The first-order valence-electron chi connectivity index (χ1n) is 6.83. The summed E-state index contributed by atoms with van der Waals surface area (Å²) >= 11 is 0. The van der Waals surface area contributed by atoms with Crippen LogP contribution in [0, 0.1) is 0 Å². The van der Waals surface area contributed by atoms with Crippen molar-refractivity contribution < 1.29 is 0 Å². The molecule has 1 unspecified atom stereocenters. The molecule has 3 rings (SSSR count). The van der Waals surface area contributed by atoms with Crippen LogP contribution in [0.15, 0.2) is 48.5 Å². The molecule has 0 saturated carbocycles. The van der Waals surface area contributed by atoms with Gasteiger partial charge in [0.25, 0.3) is 0 Å². The minimum atomic E-state index is 0.666. The van der Waals surface area contributed by atoms with Crippen molar-refractivity contribution in [3.63, 3.8) is 0 Å². The molecule has 0 aromatic heterocycles. The fraction of sp³-hybridized carbons (Fsp3) is 0.294. The SMILES string of the molecule is CN(C)c1cccc(NCC2Cc3ccccc32)c1. The lowest BCUT2D eigenvalue weighted by Crippen LogP contribution is -2.24. The molecule has 1 atom stereocenters. The molecule has 0 saturated heterocycles. The molecular weight excluding hydrogens is 232 g/mol. The molecule has 1 N–H and O–H groups in total. The molecule has 1 aliphatic carbocycles. The second-order valence-corrected chi connectivity index (χ2v) is 5.43.